The van der Waals surface area contributed by atoms with Gasteiger partial charge in [-0.2, -0.15) is 13.2 Å². The topological polar surface area (TPSA) is 58.2 Å². The van der Waals surface area contributed by atoms with Crippen LogP contribution in [0.3, 0.4) is 0 Å². The van der Waals surface area contributed by atoms with E-state index in [0.717, 1.165) is 22.8 Å². The molecular formula is C10H15F3N2O2S3. The highest BCUT2D eigenvalue weighted by Gasteiger charge is 2.27. The molecule has 0 aliphatic carbocycles. The number of sulfonamides is 1. The number of nitrogens with one attached hydrogen (secondary N) is 2. The first-order valence-corrected chi connectivity index (χ1v) is 8.97. The highest BCUT2D eigenvalue weighted by Crippen LogP contribution is 2.29. The molecule has 0 aliphatic rings. The Bertz CT molecular complexity index is 514. The molecule has 1 aromatic heterocycles. The van der Waals surface area contributed by atoms with Gasteiger partial charge in [-0.3, -0.25) is 0 Å². The monoisotopic (exact) mass is 348 g/mol. The fraction of sp³-hybridized carbons (Fsp3) is 0.600. The van der Waals surface area contributed by atoms with Crippen LogP contribution in [0.5, 0.6) is 0 Å². The van der Waals surface area contributed by atoms with Crippen molar-refractivity contribution in [2.75, 3.05) is 25.9 Å². The maximum Gasteiger partial charge on any atom is 0.441 e. The lowest BCUT2D eigenvalue weighted by molar-refractivity contribution is -0.0327. The summed E-state index contributed by atoms with van der Waals surface area (Å²) in [5.41, 5.74) is -4.34. The molecule has 0 bridgehead atoms. The van der Waals surface area contributed by atoms with Gasteiger partial charge < -0.3 is 5.32 Å². The number of likely N-dealkylation sites (N-methyl/N-ethyl adjacent to an activating group) is 1. The Labute approximate surface area is 124 Å². The van der Waals surface area contributed by atoms with E-state index in [1.165, 1.54) is 6.07 Å². The van der Waals surface area contributed by atoms with Crippen molar-refractivity contribution in [2.45, 2.75) is 16.1 Å². The molecular weight excluding hydrogens is 333 g/mol. The molecule has 1 heterocycles. The molecule has 0 saturated carbocycles. The minimum absolute atomic E-state index is 0.126. The minimum atomic E-state index is -4.34. The maximum absolute atomic E-state index is 11.9. The van der Waals surface area contributed by atoms with E-state index < -0.39 is 15.5 Å². The van der Waals surface area contributed by atoms with Gasteiger partial charge in [0.05, 0.1) is 0 Å². The zero-order valence-corrected chi connectivity index (χ0v) is 13.1. The van der Waals surface area contributed by atoms with Crippen LogP contribution in [0.15, 0.2) is 16.3 Å². The van der Waals surface area contributed by atoms with Crippen molar-refractivity contribution in [2.24, 2.45) is 0 Å². The van der Waals surface area contributed by atoms with Gasteiger partial charge in [0.1, 0.15) is 4.21 Å². The van der Waals surface area contributed by atoms with Gasteiger partial charge in [-0.1, -0.05) is 0 Å². The second kappa shape index (κ2) is 7.64. The summed E-state index contributed by atoms with van der Waals surface area (Å²) < 4.78 is 61.7. The summed E-state index contributed by atoms with van der Waals surface area (Å²) in [6, 6.07) is 3.18. The number of thiophene rings is 1. The van der Waals surface area contributed by atoms with Crippen LogP contribution in [0, 0.1) is 0 Å². The SMILES string of the molecule is CNCCc1ccc(S(=O)(=O)NCCSC(F)(F)F)s1. The molecule has 0 saturated heterocycles. The Morgan fingerprint density at radius 3 is 2.60 bits per heavy atom. The van der Waals surface area contributed by atoms with Gasteiger partial charge in [0, 0.05) is 17.2 Å². The summed E-state index contributed by atoms with van der Waals surface area (Å²) in [6.07, 6.45) is 0.709. The second-order valence-corrected chi connectivity index (χ2v) is 8.09. The van der Waals surface area contributed by atoms with E-state index in [2.05, 4.69) is 10.0 Å². The maximum atomic E-state index is 11.9. The van der Waals surface area contributed by atoms with Gasteiger partial charge in [-0.25, -0.2) is 13.1 Å². The van der Waals surface area contributed by atoms with Gasteiger partial charge in [0.25, 0.3) is 0 Å². The van der Waals surface area contributed by atoms with Crippen molar-refractivity contribution in [1.82, 2.24) is 10.0 Å². The average molecular weight is 348 g/mol. The van der Waals surface area contributed by atoms with Crippen molar-refractivity contribution in [3.8, 4) is 0 Å². The normalized spacial score (nSPS) is 12.8. The molecule has 0 fully saturated rings. The summed E-state index contributed by atoms with van der Waals surface area (Å²) in [7, 11) is -1.92. The van der Waals surface area contributed by atoms with Gasteiger partial charge in [-0.15, -0.1) is 11.3 Å². The molecule has 1 aromatic rings. The number of thioether (sulfide) groups is 1. The van der Waals surface area contributed by atoms with E-state index in [-0.39, 0.29) is 28.3 Å². The third kappa shape index (κ3) is 6.44. The first kappa shape index (κ1) is 17.8. The van der Waals surface area contributed by atoms with Crippen molar-refractivity contribution in [3.63, 3.8) is 0 Å². The van der Waals surface area contributed by atoms with Crippen molar-refractivity contribution in [3.05, 3.63) is 17.0 Å². The second-order valence-electron chi connectivity index (χ2n) is 3.77. The largest absolute Gasteiger partial charge is 0.441 e. The fourth-order valence-electron chi connectivity index (χ4n) is 1.30. The predicted octanol–water partition coefficient (Wildman–Crippen LogP) is 2.04. The Morgan fingerprint density at radius 1 is 1.30 bits per heavy atom. The lowest BCUT2D eigenvalue weighted by Crippen LogP contribution is -2.26. The Balaban J connectivity index is 2.49. The average Bonchev–Trinajstić information content (AvgIpc) is 2.80. The number of alkyl halides is 3. The van der Waals surface area contributed by atoms with E-state index in [4.69, 9.17) is 0 Å². The zero-order chi connectivity index (χ0) is 15.2. The lowest BCUT2D eigenvalue weighted by Gasteiger charge is -2.06. The van der Waals surface area contributed by atoms with Crippen LogP contribution in [0.2, 0.25) is 0 Å². The van der Waals surface area contributed by atoms with E-state index in [1.54, 1.807) is 13.1 Å². The van der Waals surface area contributed by atoms with E-state index in [0.29, 0.717) is 6.42 Å². The molecule has 2 N–H and O–H groups in total. The number of hydrogen-bond donors (Lipinski definition) is 2. The van der Waals surface area contributed by atoms with Crippen LogP contribution >= 0.6 is 23.1 Å². The number of rotatable bonds is 8. The third-order valence-corrected chi connectivity index (χ3v) is 6.02. The Morgan fingerprint density at radius 2 is 2.00 bits per heavy atom. The summed E-state index contributed by atoms with van der Waals surface area (Å²) in [5, 5.41) is 2.95. The first-order valence-electron chi connectivity index (χ1n) is 5.68. The molecule has 1 rings (SSSR count). The predicted molar refractivity (Wildman–Crippen MR) is 75.7 cm³/mol. The van der Waals surface area contributed by atoms with Gasteiger partial charge in [0.2, 0.25) is 10.0 Å². The molecule has 20 heavy (non-hydrogen) atoms. The van der Waals surface area contributed by atoms with Crippen molar-refractivity contribution in [1.29, 1.82) is 0 Å². The van der Waals surface area contributed by atoms with E-state index in [1.807, 2.05) is 0 Å². The van der Waals surface area contributed by atoms with Crippen LogP contribution in [0.25, 0.3) is 0 Å². The molecule has 0 atom stereocenters. The van der Waals surface area contributed by atoms with Crippen LogP contribution in [-0.4, -0.2) is 39.8 Å². The van der Waals surface area contributed by atoms with E-state index in [9.17, 15) is 21.6 Å². The van der Waals surface area contributed by atoms with Gasteiger partial charge in [0.15, 0.2) is 0 Å². The summed E-state index contributed by atoms with van der Waals surface area (Å²) in [4.78, 5) is 0.907. The molecule has 0 spiro atoms. The van der Waals surface area contributed by atoms with Crippen LogP contribution in [0.4, 0.5) is 13.2 Å². The molecule has 116 valence electrons. The Kier molecular flexibility index (Phi) is 6.79. The third-order valence-electron chi connectivity index (χ3n) is 2.18. The minimum Gasteiger partial charge on any atom is -0.319 e. The van der Waals surface area contributed by atoms with Crippen LogP contribution < -0.4 is 10.0 Å². The summed E-state index contributed by atoms with van der Waals surface area (Å²) in [5.74, 6) is -0.347. The lowest BCUT2D eigenvalue weighted by atomic mass is 10.3. The number of hydrogen-bond acceptors (Lipinski definition) is 5. The van der Waals surface area contributed by atoms with Gasteiger partial charge >= 0.3 is 5.51 Å². The zero-order valence-electron chi connectivity index (χ0n) is 10.7. The van der Waals surface area contributed by atoms with E-state index >= 15 is 0 Å². The van der Waals surface area contributed by atoms with Gasteiger partial charge in [-0.05, 0) is 43.9 Å². The van der Waals surface area contributed by atoms with Crippen molar-refractivity contribution < 1.29 is 21.6 Å². The highest BCUT2D eigenvalue weighted by molar-refractivity contribution is 8.00. The van der Waals surface area contributed by atoms with Crippen LogP contribution in [-0.2, 0) is 16.4 Å². The highest BCUT2D eigenvalue weighted by atomic mass is 32.2. The quantitative estimate of drug-likeness (QED) is 0.706. The first-order chi connectivity index (χ1) is 9.24. The van der Waals surface area contributed by atoms with Crippen molar-refractivity contribution >= 4 is 33.1 Å². The molecule has 10 heteroatoms. The van der Waals surface area contributed by atoms with Crippen LogP contribution in [0.1, 0.15) is 4.88 Å². The smallest absolute Gasteiger partial charge is 0.319 e. The Hall–Kier alpha value is -0.290. The molecule has 0 amide bonds. The fourth-order valence-corrected chi connectivity index (χ4v) is 4.30. The summed E-state index contributed by atoms with van der Waals surface area (Å²) in [6.45, 7) is 0.478. The molecule has 4 nitrogen and oxygen atoms in total. The molecule has 0 unspecified atom stereocenters. The number of halogens is 3. The molecule has 0 aliphatic heterocycles. The molecule has 0 aromatic carbocycles. The molecule has 0 radical (unpaired) electrons. The summed E-state index contributed by atoms with van der Waals surface area (Å²) >= 11 is 0.878. The standard InChI is InChI=1S/C10H15F3N2O2S3/c1-14-5-4-8-2-3-9(19-8)20(16,17)15-6-7-18-10(11,12)13/h2-3,14-15H,4-7H2,1H3.